The highest BCUT2D eigenvalue weighted by atomic mass is 79.9. The smallest absolute Gasteiger partial charge is 0.267 e. The summed E-state index contributed by atoms with van der Waals surface area (Å²) in [5, 5.41) is 3.87. The Hall–Kier alpha value is -2.20. The van der Waals surface area contributed by atoms with E-state index in [0.717, 1.165) is 10.0 Å². The molecule has 4 heteroatoms. The number of rotatable bonds is 4. The van der Waals surface area contributed by atoms with Gasteiger partial charge in [-0.1, -0.05) is 48.5 Å². The summed E-state index contributed by atoms with van der Waals surface area (Å²) in [6.07, 6.45) is 5.23. The second-order valence-electron chi connectivity index (χ2n) is 3.97. The summed E-state index contributed by atoms with van der Waals surface area (Å²) in [5.41, 5.74) is 4.11. The average Bonchev–Trinajstić information content (AvgIpc) is 2.48. The quantitative estimate of drug-likeness (QED) is 0.671. The average molecular weight is 329 g/mol. The van der Waals surface area contributed by atoms with Crippen molar-refractivity contribution in [2.45, 2.75) is 0 Å². The van der Waals surface area contributed by atoms with E-state index >= 15 is 0 Å². The molecule has 3 nitrogen and oxygen atoms in total. The van der Waals surface area contributed by atoms with Gasteiger partial charge in [0.2, 0.25) is 0 Å². The van der Waals surface area contributed by atoms with Gasteiger partial charge in [-0.2, -0.15) is 5.10 Å². The van der Waals surface area contributed by atoms with Gasteiger partial charge in [-0.15, -0.1) is 0 Å². The molecule has 0 atom stereocenters. The van der Waals surface area contributed by atoms with Gasteiger partial charge in [0.25, 0.3) is 5.91 Å². The Morgan fingerprint density at radius 1 is 1.05 bits per heavy atom. The largest absolute Gasteiger partial charge is 0.272 e. The highest BCUT2D eigenvalue weighted by Gasteiger charge is 2.06. The number of allylic oxidation sites excluding steroid dienone is 1. The molecule has 1 N–H and O–H groups in total. The van der Waals surface area contributed by atoms with E-state index in [1.54, 1.807) is 24.4 Å². The maximum absolute atomic E-state index is 11.8. The van der Waals surface area contributed by atoms with Gasteiger partial charge < -0.3 is 0 Å². The topological polar surface area (TPSA) is 41.5 Å². The highest BCUT2D eigenvalue weighted by molar-refractivity contribution is 9.10. The van der Waals surface area contributed by atoms with Crippen LogP contribution in [0.2, 0.25) is 0 Å². The van der Waals surface area contributed by atoms with Crippen LogP contribution in [0.4, 0.5) is 0 Å². The lowest BCUT2D eigenvalue weighted by atomic mass is 10.2. The third-order valence-corrected chi connectivity index (χ3v) is 3.22. The predicted octanol–water partition coefficient (Wildman–Crippen LogP) is 3.88. The fourth-order valence-electron chi connectivity index (χ4n) is 1.56. The Kier molecular flexibility index (Phi) is 5.26. The lowest BCUT2D eigenvalue weighted by Crippen LogP contribution is -2.17. The molecule has 0 saturated carbocycles. The third kappa shape index (κ3) is 4.17. The van der Waals surface area contributed by atoms with Gasteiger partial charge in [0.15, 0.2) is 0 Å². The van der Waals surface area contributed by atoms with Gasteiger partial charge in [-0.25, -0.2) is 5.43 Å². The molecule has 2 aromatic carbocycles. The molecule has 20 heavy (non-hydrogen) atoms. The molecule has 2 rings (SSSR count). The number of hydrazone groups is 1. The Balaban J connectivity index is 1.89. The molecule has 2 aromatic rings. The molecule has 0 unspecified atom stereocenters. The monoisotopic (exact) mass is 328 g/mol. The fraction of sp³-hybridized carbons (Fsp3) is 0. The van der Waals surface area contributed by atoms with Gasteiger partial charge in [0.05, 0.1) is 5.56 Å². The first-order chi connectivity index (χ1) is 9.77. The lowest BCUT2D eigenvalue weighted by Gasteiger charge is -2.01. The lowest BCUT2D eigenvalue weighted by molar-refractivity contribution is 0.0954. The van der Waals surface area contributed by atoms with Crippen molar-refractivity contribution in [2.24, 2.45) is 5.10 Å². The number of nitrogens with one attached hydrogen (secondary N) is 1. The van der Waals surface area contributed by atoms with Gasteiger partial charge >= 0.3 is 0 Å². The zero-order valence-corrected chi connectivity index (χ0v) is 12.2. The second kappa shape index (κ2) is 7.40. The molecule has 1 amide bonds. The number of amides is 1. The van der Waals surface area contributed by atoms with Crippen LogP contribution in [0.25, 0.3) is 6.08 Å². The van der Waals surface area contributed by atoms with E-state index in [9.17, 15) is 4.79 Å². The van der Waals surface area contributed by atoms with Crippen LogP contribution in [0.1, 0.15) is 15.9 Å². The van der Waals surface area contributed by atoms with Crippen molar-refractivity contribution in [3.8, 4) is 0 Å². The maximum Gasteiger partial charge on any atom is 0.272 e. The molecule has 0 bridgehead atoms. The van der Waals surface area contributed by atoms with E-state index in [4.69, 9.17) is 0 Å². The van der Waals surface area contributed by atoms with E-state index in [1.807, 2.05) is 48.5 Å². The third-order valence-electron chi connectivity index (χ3n) is 2.53. The summed E-state index contributed by atoms with van der Waals surface area (Å²) >= 11 is 3.32. The normalized spacial score (nSPS) is 11.1. The number of carbonyl (C=O) groups excluding carboxylic acids is 1. The van der Waals surface area contributed by atoms with E-state index in [1.165, 1.54) is 0 Å². The van der Waals surface area contributed by atoms with E-state index in [-0.39, 0.29) is 5.91 Å². The van der Waals surface area contributed by atoms with Crippen molar-refractivity contribution in [1.82, 2.24) is 5.43 Å². The standard InChI is InChI=1S/C16H13BrN2O/c17-15-11-5-4-10-14(15)16(20)19-18-12-6-9-13-7-2-1-3-8-13/h1-12H,(H,19,20)/b9-6+,18-12?. The number of hydrogen-bond acceptors (Lipinski definition) is 2. The molecule has 0 aromatic heterocycles. The molecule has 0 fully saturated rings. The van der Waals surface area contributed by atoms with E-state index in [0.29, 0.717) is 5.56 Å². The van der Waals surface area contributed by atoms with Crippen molar-refractivity contribution in [3.05, 3.63) is 76.3 Å². The first kappa shape index (κ1) is 14.2. The zero-order valence-electron chi connectivity index (χ0n) is 10.7. The van der Waals surface area contributed by atoms with Crippen LogP contribution in [-0.4, -0.2) is 12.1 Å². The Morgan fingerprint density at radius 2 is 1.75 bits per heavy atom. The number of benzene rings is 2. The maximum atomic E-state index is 11.8. The second-order valence-corrected chi connectivity index (χ2v) is 4.82. The summed E-state index contributed by atoms with van der Waals surface area (Å²) in [6, 6.07) is 17.1. The van der Waals surface area contributed by atoms with Crippen molar-refractivity contribution >= 4 is 34.1 Å². The molecule has 0 aliphatic heterocycles. The van der Waals surface area contributed by atoms with Crippen LogP contribution >= 0.6 is 15.9 Å². The van der Waals surface area contributed by atoms with Crippen LogP contribution < -0.4 is 5.43 Å². The van der Waals surface area contributed by atoms with Gasteiger partial charge in [0.1, 0.15) is 0 Å². The van der Waals surface area contributed by atoms with Gasteiger partial charge in [-0.05, 0) is 39.7 Å². The minimum absolute atomic E-state index is 0.248. The minimum atomic E-state index is -0.248. The molecule has 0 heterocycles. The van der Waals surface area contributed by atoms with Crippen LogP contribution in [0, 0.1) is 0 Å². The highest BCUT2D eigenvalue weighted by Crippen LogP contribution is 2.15. The van der Waals surface area contributed by atoms with Gasteiger partial charge in [0, 0.05) is 10.7 Å². The van der Waals surface area contributed by atoms with Crippen molar-refractivity contribution < 1.29 is 4.79 Å². The number of carbonyl (C=O) groups is 1. The van der Waals surface area contributed by atoms with Crippen LogP contribution in [0.15, 0.2) is 70.2 Å². The van der Waals surface area contributed by atoms with Gasteiger partial charge in [-0.3, -0.25) is 4.79 Å². The Morgan fingerprint density at radius 3 is 2.50 bits per heavy atom. The molecule has 0 aliphatic rings. The van der Waals surface area contributed by atoms with Crippen molar-refractivity contribution in [3.63, 3.8) is 0 Å². The van der Waals surface area contributed by atoms with E-state index < -0.39 is 0 Å². The Bertz CT molecular complexity index is 636. The molecular weight excluding hydrogens is 316 g/mol. The van der Waals surface area contributed by atoms with Crippen LogP contribution in [0.5, 0.6) is 0 Å². The molecule has 0 saturated heterocycles. The predicted molar refractivity (Wildman–Crippen MR) is 85.6 cm³/mol. The first-order valence-corrected chi connectivity index (χ1v) is 6.86. The zero-order chi connectivity index (χ0) is 14.2. The van der Waals surface area contributed by atoms with Crippen molar-refractivity contribution in [1.29, 1.82) is 0 Å². The van der Waals surface area contributed by atoms with Crippen LogP contribution in [-0.2, 0) is 0 Å². The van der Waals surface area contributed by atoms with Crippen LogP contribution in [0.3, 0.4) is 0 Å². The fourth-order valence-corrected chi connectivity index (χ4v) is 2.03. The Labute approximate surface area is 126 Å². The SMILES string of the molecule is O=C(NN=C/C=C/c1ccccc1)c1ccccc1Br. The molecule has 0 radical (unpaired) electrons. The number of hydrogen-bond donors (Lipinski definition) is 1. The summed E-state index contributed by atoms with van der Waals surface area (Å²) in [5.74, 6) is -0.248. The number of nitrogens with zero attached hydrogens (tertiary/aromatic N) is 1. The van der Waals surface area contributed by atoms with Crippen molar-refractivity contribution in [2.75, 3.05) is 0 Å². The first-order valence-electron chi connectivity index (χ1n) is 6.07. The number of halogens is 1. The summed E-state index contributed by atoms with van der Waals surface area (Å²) in [7, 11) is 0. The molecule has 100 valence electrons. The van der Waals surface area contributed by atoms with E-state index in [2.05, 4.69) is 26.5 Å². The molecule has 0 aliphatic carbocycles. The molecule has 0 spiro atoms. The minimum Gasteiger partial charge on any atom is -0.267 e. The summed E-state index contributed by atoms with van der Waals surface area (Å²) in [6.45, 7) is 0. The molecular formula is C16H13BrN2O. The summed E-state index contributed by atoms with van der Waals surface area (Å²) < 4.78 is 0.743. The summed E-state index contributed by atoms with van der Waals surface area (Å²) in [4.78, 5) is 11.8.